The smallest absolute Gasteiger partial charge is 0.371 e. The topological polar surface area (TPSA) is 20.3 Å². The van der Waals surface area contributed by atoms with E-state index in [1.54, 1.807) is 6.07 Å². The van der Waals surface area contributed by atoms with Gasteiger partial charge in [-0.15, -0.1) is 0 Å². The molecular weight excluding hydrogens is 255 g/mol. The molecule has 0 bridgehead atoms. The van der Waals surface area contributed by atoms with Gasteiger partial charge < -0.3 is 4.90 Å². The van der Waals surface area contributed by atoms with E-state index in [1.165, 1.54) is 6.07 Å². The Labute approximate surface area is 110 Å². The molecule has 1 aliphatic rings. The van der Waals surface area contributed by atoms with Gasteiger partial charge in [-0.1, -0.05) is 13.3 Å². The molecule has 0 N–H and O–H groups in total. The molecule has 1 aromatic rings. The minimum Gasteiger partial charge on any atom is -0.371 e. The molecule has 1 aliphatic heterocycles. The predicted octanol–water partition coefficient (Wildman–Crippen LogP) is 3.75. The summed E-state index contributed by atoms with van der Waals surface area (Å²) in [5, 5.41) is 0. The Morgan fingerprint density at radius 2 is 2.16 bits per heavy atom. The first-order valence-electron chi connectivity index (χ1n) is 6.37. The van der Waals surface area contributed by atoms with Crippen molar-refractivity contribution in [2.75, 3.05) is 18.0 Å². The summed E-state index contributed by atoms with van der Waals surface area (Å²) >= 11 is 0. The Bertz CT molecular complexity index is 470. The predicted molar refractivity (Wildman–Crippen MR) is 67.4 cm³/mol. The summed E-state index contributed by atoms with van der Waals surface area (Å²) in [5.41, 5.74) is -0.601. The summed E-state index contributed by atoms with van der Waals surface area (Å²) in [7, 11) is 0. The molecule has 1 unspecified atom stereocenters. The Balaban J connectivity index is 2.31. The van der Waals surface area contributed by atoms with Crippen LogP contribution in [0.2, 0.25) is 0 Å². The highest BCUT2D eigenvalue weighted by atomic mass is 19.4. The van der Waals surface area contributed by atoms with Gasteiger partial charge in [0.05, 0.1) is 5.56 Å². The summed E-state index contributed by atoms with van der Waals surface area (Å²) < 4.78 is 38.6. The first kappa shape index (κ1) is 13.9. The second kappa shape index (κ2) is 5.23. The van der Waals surface area contributed by atoms with Crippen molar-refractivity contribution in [2.45, 2.75) is 25.9 Å². The van der Waals surface area contributed by atoms with Crippen molar-refractivity contribution < 1.29 is 18.0 Å². The number of hydrogen-bond acceptors (Lipinski definition) is 2. The fraction of sp³-hybridized carbons (Fsp3) is 0.500. The number of carbonyl (C=O) groups is 1. The summed E-state index contributed by atoms with van der Waals surface area (Å²) in [6, 6.07) is 3.93. The quantitative estimate of drug-likeness (QED) is 0.780. The van der Waals surface area contributed by atoms with Crippen LogP contribution in [0.5, 0.6) is 0 Å². The van der Waals surface area contributed by atoms with Crippen molar-refractivity contribution in [1.29, 1.82) is 0 Å². The highest BCUT2D eigenvalue weighted by molar-refractivity contribution is 5.79. The van der Waals surface area contributed by atoms with E-state index in [2.05, 4.69) is 6.92 Å². The maximum Gasteiger partial charge on any atom is 0.417 e. The molecule has 1 aromatic carbocycles. The molecule has 0 aromatic heterocycles. The Kier molecular flexibility index (Phi) is 3.83. The molecule has 0 radical (unpaired) electrons. The zero-order valence-electron chi connectivity index (χ0n) is 10.7. The lowest BCUT2D eigenvalue weighted by atomic mass is 10.1. The number of nitrogens with zero attached hydrogens (tertiary/aromatic N) is 1. The van der Waals surface area contributed by atoms with E-state index >= 15 is 0 Å². The molecule has 0 amide bonds. The molecule has 104 valence electrons. The summed E-state index contributed by atoms with van der Waals surface area (Å²) in [5.74, 6) is 0.542. The normalized spacial score (nSPS) is 19.8. The molecule has 0 aliphatic carbocycles. The van der Waals surface area contributed by atoms with Crippen molar-refractivity contribution in [1.82, 2.24) is 0 Å². The van der Waals surface area contributed by atoms with Gasteiger partial charge in [-0.25, -0.2) is 0 Å². The third-order valence-electron chi connectivity index (χ3n) is 3.70. The first-order valence-corrected chi connectivity index (χ1v) is 6.37. The second-order valence-corrected chi connectivity index (χ2v) is 4.90. The molecule has 2 rings (SSSR count). The van der Waals surface area contributed by atoms with E-state index in [0.29, 0.717) is 11.6 Å². The number of rotatable bonds is 3. The number of carbonyl (C=O) groups excluding carboxylic acids is 1. The minimum absolute atomic E-state index is 0.255. The SMILES string of the molecule is CCC1CCN(c2ccc(C=O)c(C(F)(F)F)c2)C1. The van der Waals surface area contributed by atoms with E-state index in [1.807, 2.05) is 4.90 Å². The molecular formula is C14H16F3NO. The molecule has 2 nitrogen and oxygen atoms in total. The van der Waals surface area contributed by atoms with E-state index in [0.717, 1.165) is 32.0 Å². The highest BCUT2D eigenvalue weighted by Gasteiger charge is 2.34. The first-order chi connectivity index (χ1) is 8.95. The average molecular weight is 271 g/mol. The lowest BCUT2D eigenvalue weighted by molar-refractivity contribution is -0.137. The van der Waals surface area contributed by atoms with Crippen LogP contribution in [-0.2, 0) is 6.18 Å². The maximum absolute atomic E-state index is 12.9. The Morgan fingerprint density at radius 1 is 1.42 bits per heavy atom. The van der Waals surface area contributed by atoms with Gasteiger partial charge in [-0.3, -0.25) is 4.79 Å². The zero-order valence-corrected chi connectivity index (χ0v) is 10.7. The van der Waals surface area contributed by atoms with Crippen molar-refractivity contribution in [3.05, 3.63) is 29.3 Å². The highest BCUT2D eigenvalue weighted by Crippen LogP contribution is 2.35. The molecule has 0 saturated carbocycles. The minimum atomic E-state index is -4.49. The van der Waals surface area contributed by atoms with Gasteiger partial charge in [0.25, 0.3) is 0 Å². The van der Waals surface area contributed by atoms with Crippen molar-refractivity contribution in [3.8, 4) is 0 Å². The van der Waals surface area contributed by atoms with Crippen LogP contribution < -0.4 is 4.90 Å². The summed E-state index contributed by atoms with van der Waals surface area (Å²) in [4.78, 5) is 12.6. The molecule has 19 heavy (non-hydrogen) atoms. The lowest BCUT2D eigenvalue weighted by Gasteiger charge is -2.20. The second-order valence-electron chi connectivity index (χ2n) is 4.90. The molecule has 1 atom stereocenters. The van der Waals surface area contributed by atoms with Crippen LogP contribution in [0.1, 0.15) is 35.7 Å². The summed E-state index contributed by atoms with van der Waals surface area (Å²) in [6.07, 6.45) is -2.19. The molecule has 5 heteroatoms. The zero-order chi connectivity index (χ0) is 14.0. The maximum atomic E-state index is 12.9. The van der Waals surface area contributed by atoms with Crippen LogP contribution in [-0.4, -0.2) is 19.4 Å². The molecule has 0 spiro atoms. The van der Waals surface area contributed by atoms with Crippen LogP contribution in [0.25, 0.3) is 0 Å². The summed E-state index contributed by atoms with van der Waals surface area (Å²) in [6.45, 7) is 3.65. The van der Waals surface area contributed by atoms with Crippen LogP contribution in [0.4, 0.5) is 18.9 Å². The van der Waals surface area contributed by atoms with Gasteiger partial charge >= 0.3 is 6.18 Å². The van der Waals surface area contributed by atoms with E-state index in [9.17, 15) is 18.0 Å². The van der Waals surface area contributed by atoms with Gasteiger partial charge in [0.2, 0.25) is 0 Å². The van der Waals surface area contributed by atoms with Crippen LogP contribution in [0.15, 0.2) is 18.2 Å². The molecule has 1 saturated heterocycles. The lowest BCUT2D eigenvalue weighted by Crippen LogP contribution is -2.20. The van der Waals surface area contributed by atoms with Gasteiger partial charge in [0.15, 0.2) is 6.29 Å². The van der Waals surface area contributed by atoms with Crippen molar-refractivity contribution >= 4 is 12.0 Å². The van der Waals surface area contributed by atoms with Crippen molar-refractivity contribution in [2.24, 2.45) is 5.92 Å². The Morgan fingerprint density at radius 3 is 2.68 bits per heavy atom. The van der Waals surface area contributed by atoms with Crippen LogP contribution in [0, 0.1) is 5.92 Å². The number of hydrogen-bond donors (Lipinski definition) is 0. The third-order valence-corrected chi connectivity index (χ3v) is 3.70. The molecule has 1 fully saturated rings. The third kappa shape index (κ3) is 2.91. The number of aldehydes is 1. The van der Waals surface area contributed by atoms with E-state index in [-0.39, 0.29) is 11.8 Å². The van der Waals surface area contributed by atoms with Gasteiger partial charge in [0, 0.05) is 24.3 Å². The monoisotopic (exact) mass is 271 g/mol. The standard InChI is InChI=1S/C14H16F3NO/c1-2-10-5-6-18(8-10)12-4-3-11(9-19)13(7-12)14(15,16)17/h3-4,7,9-10H,2,5-6,8H2,1H3. The Hall–Kier alpha value is -1.52. The average Bonchev–Trinajstić information content (AvgIpc) is 2.85. The fourth-order valence-electron chi connectivity index (χ4n) is 2.49. The number of benzene rings is 1. The number of alkyl halides is 3. The van der Waals surface area contributed by atoms with Gasteiger partial charge in [-0.2, -0.15) is 13.2 Å². The fourth-order valence-corrected chi connectivity index (χ4v) is 2.49. The largest absolute Gasteiger partial charge is 0.417 e. The van der Waals surface area contributed by atoms with Gasteiger partial charge in [-0.05, 0) is 30.5 Å². The van der Waals surface area contributed by atoms with E-state index in [4.69, 9.17) is 0 Å². The number of halogens is 3. The number of anilines is 1. The van der Waals surface area contributed by atoms with E-state index < -0.39 is 11.7 Å². The van der Waals surface area contributed by atoms with Crippen LogP contribution in [0.3, 0.4) is 0 Å². The van der Waals surface area contributed by atoms with Crippen LogP contribution >= 0.6 is 0 Å². The molecule has 1 heterocycles. The van der Waals surface area contributed by atoms with Gasteiger partial charge in [0.1, 0.15) is 0 Å². The van der Waals surface area contributed by atoms with Crippen molar-refractivity contribution in [3.63, 3.8) is 0 Å².